The van der Waals surface area contributed by atoms with Crippen LogP contribution >= 0.6 is 24.0 Å². The lowest BCUT2D eigenvalue weighted by Crippen LogP contribution is -2.66. The quantitative estimate of drug-likeness (QED) is 0.319. The fourth-order valence-corrected chi connectivity index (χ4v) is 6.74. The van der Waals surface area contributed by atoms with Crippen LogP contribution in [-0.4, -0.2) is 80.7 Å². The van der Waals surface area contributed by atoms with Crippen LogP contribution in [0.1, 0.15) is 44.7 Å². The van der Waals surface area contributed by atoms with Crippen LogP contribution in [0.4, 0.5) is 0 Å². The number of guanidine groups is 1. The maximum absolute atomic E-state index is 12.7. The number of halogens is 1. The van der Waals surface area contributed by atoms with Gasteiger partial charge in [0.05, 0.1) is 11.8 Å². The number of nitrogens with one attached hydrogen (secondary N) is 1. The molecule has 1 aromatic rings. The monoisotopic (exact) mass is 567 g/mol. The average molecular weight is 567 g/mol. The largest absolute Gasteiger partial charge is 0.378 e. The van der Waals surface area contributed by atoms with E-state index >= 15 is 0 Å². The summed E-state index contributed by atoms with van der Waals surface area (Å²) >= 11 is 0. The lowest BCUT2D eigenvalue weighted by Gasteiger charge is -2.55. The predicted octanol–water partition coefficient (Wildman–Crippen LogP) is 2.05. The summed E-state index contributed by atoms with van der Waals surface area (Å²) in [5, 5.41) is 7.41. The van der Waals surface area contributed by atoms with E-state index in [1.165, 1.54) is 31.9 Å². The summed E-state index contributed by atoms with van der Waals surface area (Å²) in [6.45, 7) is 4.95. The van der Waals surface area contributed by atoms with Gasteiger partial charge in [0.25, 0.3) is 0 Å². The highest BCUT2D eigenvalue weighted by Crippen LogP contribution is 2.54. The Morgan fingerprint density at radius 1 is 1.32 bits per heavy atom. The molecule has 2 aliphatic carbocycles. The number of hydrogen-bond acceptors (Lipinski definition) is 6. The zero-order valence-corrected chi connectivity index (χ0v) is 21.5. The van der Waals surface area contributed by atoms with Crippen LogP contribution in [0.5, 0.6) is 0 Å². The van der Waals surface area contributed by atoms with Gasteiger partial charge in [-0.15, -0.1) is 24.0 Å². The molecule has 176 valence electrons. The molecule has 3 fully saturated rings. The Hall–Kier alpha value is -0.920. The van der Waals surface area contributed by atoms with Gasteiger partial charge >= 0.3 is 0 Å². The van der Waals surface area contributed by atoms with Crippen molar-refractivity contribution in [3.63, 3.8) is 0 Å². The van der Waals surface area contributed by atoms with E-state index in [0.717, 1.165) is 19.0 Å². The molecule has 0 bridgehead atoms. The van der Waals surface area contributed by atoms with Crippen molar-refractivity contribution in [3.05, 3.63) is 18.0 Å². The van der Waals surface area contributed by atoms with Crippen molar-refractivity contribution in [2.75, 3.05) is 39.8 Å². The molecule has 2 atom stereocenters. The first-order valence-corrected chi connectivity index (χ1v) is 12.6. The van der Waals surface area contributed by atoms with Crippen LogP contribution in [0.25, 0.3) is 0 Å². The number of sulfonamides is 1. The maximum atomic E-state index is 12.7. The van der Waals surface area contributed by atoms with Crippen LogP contribution in [0.15, 0.2) is 21.8 Å². The first-order valence-electron chi connectivity index (χ1n) is 11.0. The molecule has 2 unspecified atom stereocenters. The molecule has 9 nitrogen and oxygen atoms in total. The highest BCUT2D eigenvalue weighted by atomic mass is 127. The highest BCUT2D eigenvalue weighted by Gasteiger charge is 2.57. The molecule has 0 aromatic carbocycles. The lowest BCUT2D eigenvalue weighted by molar-refractivity contribution is -0.126. The summed E-state index contributed by atoms with van der Waals surface area (Å²) < 4.78 is 37.6. The van der Waals surface area contributed by atoms with Crippen LogP contribution in [0.3, 0.4) is 0 Å². The zero-order chi connectivity index (χ0) is 21.2. The van der Waals surface area contributed by atoms with E-state index in [4.69, 9.17) is 9.26 Å². The van der Waals surface area contributed by atoms with E-state index in [1.807, 2.05) is 0 Å². The summed E-state index contributed by atoms with van der Waals surface area (Å²) in [4.78, 5) is 6.67. The number of ether oxygens (including phenoxy) is 1. The SMILES string of the molecule is CCOC1CC(NC(=NC)N2CCN(S(=O)(=O)Cc3ccon3)CC2)C12CCCC2.I. The van der Waals surface area contributed by atoms with Gasteiger partial charge in [0.2, 0.25) is 10.0 Å². The number of piperazine rings is 1. The van der Waals surface area contributed by atoms with E-state index in [-0.39, 0.29) is 35.1 Å². The summed E-state index contributed by atoms with van der Waals surface area (Å²) in [7, 11) is -1.60. The molecule has 4 rings (SSSR count). The van der Waals surface area contributed by atoms with E-state index < -0.39 is 10.0 Å². The Balaban J connectivity index is 0.00000272. The minimum Gasteiger partial charge on any atom is -0.378 e. The van der Waals surface area contributed by atoms with Gasteiger partial charge in [-0.05, 0) is 26.2 Å². The highest BCUT2D eigenvalue weighted by molar-refractivity contribution is 14.0. The van der Waals surface area contributed by atoms with Gasteiger partial charge in [0, 0.05) is 57.4 Å². The lowest BCUT2D eigenvalue weighted by atomic mass is 9.60. The van der Waals surface area contributed by atoms with Crippen LogP contribution in [0.2, 0.25) is 0 Å². The second-order valence-corrected chi connectivity index (χ2v) is 10.5. The smallest absolute Gasteiger partial charge is 0.220 e. The Kier molecular flexibility index (Phi) is 8.25. The second kappa shape index (κ2) is 10.3. The summed E-state index contributed by atoms with van der Waals surface area (Å²) in [6.07, 6.45) is 7.70. The van der Waals surface area contributed by atoms with Gasteiger partial charge in [-0.25, -0.2) is 8.42 Å². The number of nitrogens with zero attached hydrogens (tertiary/aromatic N) is 4. The number of aromatic nitrogens is 1. The molecule has 1 spiro atoms. The number of hydrogen-bond donors (Lipinski definition) is 1. The topological polar surface area (TPSA) is 100 Å². The van der Waals surface area contributed by atoms with Crippen molar-refractivity contribution in [2.45, 2.75) is 56.9 Å². The van der Waals surface area contributed by atoms with Gasteiger partial charge in [-0.2, -0.15) is 4.31 Å². The molecule has 31 heavy (non-hydrogen) atoms. The van der Waals surface area contributed by atoms with Crippen molar-refractivity contribution in [3.8, 4) is 0 Å². The normalized spacial score (nSPS) is 26.5. The molecule has 2 saturated carbocycles. The van der Waals surface area contributed by atoms with Crippen molar-refractivity contribution in [1.82, 2.24) is 19.7 Å². The van der Waals surface area contributed by atoms with Gasteiger partial charge < -0.3 is 19.5 Å². The molecule has 0 amide bonds. The average Bonchev–Trinajstić information content (AvgIpc) is 3.43. The van der Waals surface area contributed by atoms with E-state index in [2.05, 4.69) is 27.3 Å². The molecule has 11 heteroatoms. The van der Waals surface area contributed by atoms with E-state index in [0.29, 0.717) is 44.0 Å². The fourth-order valence-electron chi connectivity index (χ4n) is 5.31. The third kappa shape index (κ3) is 5.03. The summed E-state index contributed by atoms with van der Waals surface area (Å²) in [5.41, 5.74) is 0.667. The Labute approximate surface area is 202 Å². The van der Waals surface area contributed by atoms with Crippen LogP contribution in [0, 0.1) is 5.41 Å². The first-order chi connectivity index (χ1) is 14.5. The zero-order valence-electron chi connectivity index (χ0n) is 18.3. The first kappa shape index (κ1) is 24.7. The Bertz CT molecular complexity index is 834. The molecule has 0 radical (unpaired) electrons. The van der Waals surface area contributed by atoms with Gasteiger partial charge in [-0.3, -0.25) is 4.99 Å². The minimum atomic E-state index is -3.40. The number of aliphatic imine (C=N–C) groups is 1. The third-order valence-corrected chi connectivity index (χ3v) is 8.77. The third-order valence-electron chi connectivity index (χ3n) is 6.96. The Morgan fingerprint density at radius 3 is 2.61 bits per heavy atom. The van der Waals surface area contributed by atoms with E-state index in [1.54, 1.807) is 17.4 Å². The van der Waals surface area contributed by atoms with Gasteiger partial charge in [0.1, 0.15) is 12.0 Å². The Morgan fingerprint density at radius 2 is 2.03 bits per heavy atom. The molecular formula is C20H34IN5O4S. The molecule has 1 N–H and O–H groups in total. The molecule has 1 saturated heterocycles. The number of rotatable bonds is 6. The van der Waals surface area contributed by atoms with Gasteiger partial charge in [-0.1, -0.05) is 18.0 Å². The molecule has 2 heterocycles. The minimum absolute atomic E-state index is 0. The standard InChI is InChI=1S/C20H33N5O4S.HI/c1-3-28-18-14-17(20(18)7-4-5-8-20)22-19(21-2)24-9-11-25(12-10-24)30(26,27)15-16-6-13-29-23-16;/h6,13,17-18H,3-5,7-12,14-15H2,1-2H3,(H,21,22);1H. The van der Waals surface area contributed by atoms with Crippen LogP contribution < -0.4 is 5.32 Å². The summed E-state index contributed by atoms with van der Waals surface area (Å²) in [5.74, 6) is 0.745. The fraction of sp³-hybridized carbons (Fsp3) is 0.800. The predicted molar refractivity (Wildman–Crippen MR) is 129 cm³/mol. The van der Waals surface area contributed by atoms with Crippen molar-refractivity contribution in [1.29, 1.82) is 0 Å². The second-order valence-electron chi connectivity index (χ2n) is 8.50. The van der Waals surface area contributed by atoms with Crippen molar-refractivity contribution < 1.29 is 17.7 Å². The van der Waals surface area contributed by atoms with Gasteiger partial charge in [0.15, 0.2) is 5.96 Å². The van der Waals surface area contributed by atoms with Crippen molar-refractivity contribution in [2.24, 2.45) is 10.4 Å². The molecule has 1 aliphatic heterocycles. The summed E-state index contributed by atoms with van der Waals surface area (Å²) in [6, 6.07) is 1.97. The molecule has 3 aliphatic rings. The van der Waals surface area contributed by atoms with E-state index in [9.17, 15) is 8.42 Å². The molecule has 1 aromatic heterocycles. The van der Waals surface area contributed by atoms with Crippen LogP contribution in [-0.2, 0) is 20.5 Å². The molecular weight excluding hydrogens is 533 g/mol. The maximum Gasteiger partial charge on any atom is 0.220 e. The van der Waals surface area contributed by atoms with Crippen molar-refractivity contribution >= 4 is 40.0 Å².